The Kier molecular flexibility index (Phi) is 3.12. The lowest BCUT2D eigenvalue weighted by atomic mass is 10.1. The molecule has 1 aliphatic rings. The van der Waals surface area contributed by atoms with Crippen LogP contribution < -0.4 is 0 Å². The first-order chi connectivity index (χ1) is 11.2. The van der Waals surface area contributed by atoms with E-state index in [1.807, 2.05) is 18.2 Å². The Morgan fingerprint density at radius 3 is 2.83 bits per heavy atom. The van der Waals surface area contributed by atoms with Crippen LogP contribution in [0.5, 0.6) is 0 Å². The summed E-state index contributed by atoms with van der Waals surface area (Å²) in [4.78, 5) is 0. The maximum absolute atomic E-state index is 13.6. The Bertz CT molecular complexity index is 932. The van der Waals surface area contributed by atoms with Crippen LogP contribution >= 0.6 is 0 Å². The van der Waals surface area contributed by atoms with Crippen molar-refractivity contribution >= 4 is 10.9 Å². The minimum Gasteiger partial charge on any atom is -0.337 e. The summed E-state index contributed by atoms with van der Waals surface area (Å²) in [6.45, 7) is 1.46. The first kappa shape index (κ1) is 13.9. The number of nitrogens with zero attached hydrogens (tertiary/aromatic N) is 4. The van der Waals surface area contributed by atoms with Gasteiger partial charge in [-0.1, -0.05) is 6.07 Å². The molecule has 0 amide bonds. The van der Waals surface area contributed by atoms with Gasteiger partial charge in [-0.05, 0) is 44.0 Å². The summed E-state index contributed by atoms with van der Waals surface area (Å²) in [5.41, 5.74) is 3.91. The Hall–Kier alpha value is -2.74. The molecule has 0 spiro atoms. The van der Waals surface area contributed by atoms with E-state index in [1.165, 1.54) is 6.92 Å². The molecule has 2 heterocycles. The van der Waals surface area contributed by atoms with Crippen molar-refractivity contribution in [2.45, 2.75) is 32.0 Å². The zero-order chi connectivity index (χ0) is 16.0. The normalized spacial score (nSPS) is 15.5. The molecule has 1 unspecified atom stereocenters. The van der Waals surface area contributed by atoms with Crippen LogP contribution in [0.25, 0.3) is 22.2 Å². The number of fused-ring (bicyclic) bond motifs is 1. The number of alkyl halides is 1. The standard InChI is InChI=1S/C18H15FN4/c1-11(19)16-7-14(10-21-22-16)18-8-13-3-2-12(9-20)6-17(13)23(18)15-4-5-15/h2-3,6-8,10-11,15H,4-5H2,1H3. The quantitative estimate of drug-likeness (QED) is 0.723. The maximum atomic E-state index is 13.6. The van der Waals surface area contributed by atoms with E-state index in [-0.39, 0.29) is 0 Å². The Morgan fingerprint density at radius 2 is 2.13 bits per heavy atom. The predicted octanol–water partition coefficient (Wildman–Crippen LogP) is 4.34. The SMILES string of the molecule is CC(F)c1cc(-c2cc3ccc(C#N)cc3n2C2CC2)cnn1. The number of hydrogen-bond acceptors (Lipinski definition) is 3. The molecule has 23 heavy (non-hydrogen) atoms. The van der Waals surface area contributed by atoms with Gasteiger partial charge < -0.3 is 4.57 Å². The lowest BCUT2D eigenvalue weighted by Gasteiger charge is -2.10. The van der Waals surface area contributed by atoms with Gasteiger partial charge in [0.1, 0.15) is 6.17 Å². The highest BCUT2D eigenvalue weighted by Gasteiger charge is 2.28. The second kappa shape index (κ2) is 5.17. The van der Waals surface area contributed by atoms with Gasteiger partial charge in [0.15, 0.2) is 0 Å². The summed E-state index contributed by atoms with van der Waals surface area (Å²) in [6.07, 6.45) is 2.77. The van der Waals surface area contributed by atoms with Crippen molar-refractivity contribution in [2.75, 3.05) is 0 Å². The summed E-state index contributed by atoms with van der Waals surface area (Å²) >= 11 is 0. The molecular formula is C18H15FN4. The first-order valence-electron chi connectivity index (χ1n) is 7.69. The van der Waals surface area contributed by atoms with Crippen LogP contribution in [0.15, 0.2) is 36.5 Å². The smallest absolute Gasteiger partial charge is 0.141 e. The van der Waals surface area contributed by atoms with E-state index in [1.54, 1.807) is 12.3 Å². The molecule has 1 aliphatic carbocycles. The summed E-state index contributed by atoms with van der Waals surface area (Å²) in [5, 5.41) is 18.0. The van der Waals surface area contributed by atoms with E-state index in [2.05, 4.69) is 26.9 Å². The molecule has 0 radical (unpaired) electrons. The Labute approximate surface area is 133 Å². The van der Waals surface area contributed by atoms with Crippen molar-refractivity contribution in [1.82, 2.24) is 14.8 Å². The number of rotatable bonds is 3. The molecule has 1 fully saturated rings. The fourth-order valence-electron chi connectivity index (χ4n) is 2.96. The molecule has 0 bridgehead atoms. The summed E-state index contributed by atoms with van der Waals surface area (Å²) in [5.74, 6) is 0. The van der Waals surface area contributed by atoms with E-state index in [0.717, 1.165) is 35.0 Å². The average molecular weight is 306 g/mol. The van der Waals surface area contributed by atoms with Gasteiger partial charge in [-0.2, -0.15) is 15.5 Å². The molecule has 0 aliphatic heterocycles. The Balaban J connectivity index is 1.95. The van der Waals surface area contributed by atoms with E-state index in [9.17, 15) is 4.39 Å². The molecule has 2 aromatic heterocycles. The van der Waals surface area contributed by atoms with Gasteiger partial charge in [0.25, 0.3) is 0 Å². The molecule has 5 heteroatoms. The predicted molar refractivity (Wildman–Crippen MR) is 85.5 cm³/mol. The number of benzene rings is 1. The third-order valence-corrected chi connectivity index (χ3v) is 4.26. The monoisotopic (exact) mass is 306 g/mol. The molecule has 1 saturated carbocycles. The maximum Gasteiger partial charge on any atom is 0.141 e. The minimum atomic E-state index is -1.15. The highest BCUT2D eigenvalue weighted by molar-refractivity contribution is 5.88. The highest BCUT2D eigenvalue weighted by Crippen LogP contribution is 2.42. The van der Waals surface area contributed by atoms with Gasteiger partial charge in [-0.15, -0.1) is 0 Å². The number of aromatic nitrogens is 3. The fourth-order valence-corrected chi connectivity index (χ4v) is 2.96. The van der Waals surface area contributed by atoms with Crippen molar-refractivity contribution in [3.63, 3.8) is 0 Å². The number of hydrogen-bond donors (Lipinski definition) is 0. The molecule has 1 atom stereocenters. The highest BCUT2D eigenvalue weighted by atomic mass is 19.1. The second-order valence-corrected chi connectivity index (χ2v) is 6.00. The Morgan fingerprint density at radius 1 is 1.30 bits per heavy atom. The third kappa shape index (κ3) is 2.36. The van der Waals surface area contributed by atoms with Gasteiger partial charge >= 0.3 is 0 Å². The van der Waals surface area contributed by atoms with E-state index < -0.39 is 6.17 Å². The average Bonchev–Trinajstić information content (AvgIpc) is 3.34. The second-order valence-electron chi connectivity index (χ2n) is 6.00. The summed E-state index contributed by atoms with van der Waals surface area (Å²) in [6, 6.07) is 12.2. The number of halogens is 1. The zero-order valence-corrected chi connectivity index (χ0v) is 12.7. The molecular weight excluding hydrogens is 291 g/mol. The van der Waals surface area contributed by atoms with Crippen LogP contribution in [0, 0.1) is 11.3 Å². The van der Waals surface area contributed by atoms with Crippen molar-refractivity contribution < 1.29 is 4.39 Å². The van der Waals surface area contributed by atoms with Gasteiger partial charge in [-0.25, -0.2) is 4.39 Å². The topological polar surface area (TPSA) is 54.5 Å². The van der Waals surface area contributed by atoms with Crippen LogP contribution in [-0.4, -0.2) is 14.8 Å². The summed E-state index contributed by atoms with van der Waals surface area (Å²) < 4.78 is 15.8. The van der Waals surface area contributed by atoms with Crippen LogP contribution in [0.4, 0.5) is 4.39 Å². The molecule has 114 valence electrons. The van der Waals surface area contributed by atoms with Gasteiger partial charge in [0.05, 0.1) is 34.7 Å². The molecule has 3 aromatic rings. The molecule has 0 N–H and O–H groups in total. The van der Waals surface area contributed by atoms with Crippen LogP contribution in [0.3, 0.4) is 0 Å². The largest absolute Gasteiger partial charge is 0.337 e. The van der Waals surface area contributed by atoms with Crippen LogP contribution in [0.2, 0.25) is 0 Å². The number of nitriles is 1. The van der Waals surface area contributed by atoms with Crippen LogP contribution in [-0.2, 0) is 0 Å². The van der Waals surface area contributed by atoms with Crippen molar-refractivity contribution in [3.05, 3.63) is 47.8 Å². The van der Waals surface area contributed by atoms with E-state index >= 15 is 0 Å². The van der Waals surface area contributed by atoms with E-state index in [4.69, 9.17) is 5.26 Å². The third-order valence-electron chi connectivity index (χ3n) is 4.26. The van der Waals surface area contributed by atoms with Gasteiger partial charge in [-0.3, -0.25) is 0 Å². The van der Waals surface area contributed by atoms with Crippen molar-refractivity contribution in [3.8, 4) is 17.3 Å². The lowest BCUT2D eigenvalue weighted by molar-refractivity contribution is 0.363. The van der Waals surface area contributed by atoms with Crippen LogP contribution in [0.1, 0.15) is 43.2 Å². The van der Waals surface area contributed by atoms with Gasteiger partial charge in [0.2, 0.25) is 0 Å². The molecule has 4 rings (SSSR count). The minimum absolute atomic E-state index is 0.341. The molecule has 1 aromatic carbocycles. The fraction of sp³-hybridized carbons (Fsp3) is 0.278. The van der Waals surface area contributed by atoms with E-state index in [0.29, 0.717) is 17.3 Å². The zero-order valence-electron chi connectivity index (χ0n) is 12.7. The molecule has 4 nitrogen and oxygen atoms in total. The first-order valence-corrected chi connectivity index (χ1v) is 7.69. The molecule has 0 saturated heterocycles. The summed E-state index contributed by atoms with van der Waals surface area (Å²) in [7, 11) is 0. The van der Waals surface area contributed by atoms with Crippen molar-refractivity contribution in [1.29, 1.82) is 5.26 Å². The lowest BCUT2D eigenvalue weighted by Crippen LogP contribution is -2.00. The van der Waals surface area contributed by atoms with Gasteiger partial charge in [0, 0.05) is 17.0 Å². The van der Waals surface area contributed by atoms with Crippen molar-refractivity contribution in [2.24, 2.45) is 0 Å².